The second kappa shape index (κ2) is 12.9. The summed E-state index contributed by atoms with van der Waals surface area (Å²) in [5, 5.41) is 20.4. The summed E-state index contributed by atoms with van der Waals surface area (Å²) in [6, 6.07) is 13.7. The molecule has 1 aliphatic carbocycles. The summed E-state index contributed by atoms with van der Waals surface area (Å²) in [7, 11) is 1.58. The van der Waals surface area contributed by atoms with Crippen molar-refractivity contribution in [1.29, 1.82) is 0 Å². The minimum absolute atomic E-state index is 0.112. The molecule has 1 aromatic heterocycles. The Morgan fingerprint density at radius 1 is 1.13 bits per heavy atom. The molecule has 1 heterocycles. The average molecular weight is 577 g/mol. The van der Waals surface area contributed by atoms with Gasteiger partial charge in [0.15, 0.2) is 0 Å². The van der Waals surface area contributed by atoms with E-state index >= 15 is 0 Å². The van der Waals surface area contributed by atoms with E-state index in [1.54, 1.807) is 7.05 Å². The molecule has 2 aromatic carbocycles. The van der Waals surface area contributed by atoms with Gasteiger partial charge in [-0.05, 0) is 73.9 Å². The summed E-state index contributed by atoms with van der Waals surface area (Å²) in [5.41, 5.74) is 1.87. The van der Waals surface area contributed by atoms with Gasteiger partial charge in [-0.25, -0.2) is 4.79 Å². The molecule has 2 N–H and O–H groups in total. The van der Waals surface area contributed by atoms with Crippen LogP contribution < -0.4 is 10.4 Å². The molecule has 210 valence electrons. The SMILES string of the molecule is C[C@@H](c1ccc(Cl)cc1)N(Cc1ccc(OCCn2c(O)cn(C)c2=O)c(Cl)c1)CC1CCC(C(=O)O)CC1. The first kappa shape index (κ1) is 29.1. The van der Waals surface area contributed by atoms with E-state index in [0.717, 1.165) is 30.5 Å². The van der Waals surface area contributed by atoms with Crippen LogP contribution in [0.15, 0.2) is 53.5 Å². The highest BCUT2D eigenvalue weighted by Crippen LogP contribution is 2.33. The van der Waals surface area contributed by atoms with Gasteiger partial charge in [0.25, 0.3) is 0 Å². The Morgan fingerprint density at radius 3 is 2.41 bits per heavy atom. The molecule has 39 heavy (non-hydrogen) atoms. The zero-order valence-electron chi connectivity index (χ0n) is 22.2. The van der Waals surface area contributed by atoms with E-state index < -0.39 is 5.97 Å². The normalized spacial score (nSPS) is 18.3. The predicted molar refractivity (Wildman–Crippen MR) is 152 cm³/mol. The highest BCUT2D eigenvalue weighted by atomic mass is 35.5. The van der Waals surface area contributed by atoms with Crippen molar-refractivity contribution in [3.8, 4) is 11.6 Å². The van der Waals surface area contributed by atoms with E-state index in [1.165, 1.54) is 15.3 Å². The standard InChI is InChI=1S/C29H35Cl2N3O5/c1-19(22-8-10-24(30)11-9-22)33(16-20-3-6-23(7-4-20)28(36)37)17-21-5-12-26(25(31)15-21)39-14-13-34-27(35)18-32(2)29(34)38/h5,8-12,15,18-20,23,35H,3-4,6-7,13-14,16-17H2,1-2H3,(H,36,37)/t19-,20?,23?/m0/s1. The third kappa shape index (κ3) is 7.38. The Kier molecular flexibility index (Phi) is 9.64. The number of hydrogen-bond acceptors (Lipinski definition) is 5. The van der Waals surface area contributed by atoms with Gasteiger partial charge in [0, 0.05) is 31.2 Å². The van der Waals surface area contributed by atoms with E-state index in [4.69, 9.17) is 27.9 Å². The van der Waals surface area contributed by atoms with Crippen LogP contribution in [0, 0.1) is 11.8 Å². The maximum Gasteiger partial charge on any atom is 0.330 e. The molecule has 0 bridgehead atoms. The topological polar surface area (TPSA) is 96.9 Å². The van der Waals surface area contributed by atoms with Gasteiger partial charge in [-0.1, -0.05) is 41.4 Å². The predicted octanol–water partition coefficient (Wildman–Crippen LogP) is 5.73. The Labute approximate surface area is 238 Å². The lowest BCUT2D eigenvalue weighted by Crippen LogP contribution is -2.34. The molecule has 8 nitrogen and oxygen atoms in total. The summed E-state index contributed by atoms with van der Waals surface area (Å²) < 4.78 is 8.36. The molecule has 0 spiro atoms. The molecule has 0 radical (unpaired) electrons. The summed E-state index contributed by atoms with van der Waals surface area (Å²) in [4.78, 5) is 25.9. The van der Waals surface area contributed by atoms with Gasteiger partial charge in [-0.2, -0.15) is 0 Å². The second-order valence-electron chi connectivity index (χ2n) is 10.4. The number of ether oxygens (including phenoxy) is 1. The Bertz CT molecular complexity index is 1330. The molecule has 1 saturated carbocycles. The van der Waals surface area contributed by atoms with Crippen LogP contribution in [0.2, 0.25) is 10.0 Å². The van der Waals surface area contributed by atoms with E-state index in [0.29, 0.717) is 41.1 Å². The molecule has 1 fully saturated rings. The molecular formula is C29H35Cl2N3O5. The molecule has 0 saturated heterocycles. The number of hydrogen-bond donors (Lipinski definition) is 2. The van der Waals surface area contributed by atoms with Gasteiger partial charge < -0.3 is 14.9 Å². The number of imidazole rings is 1. The smallest absolute Gasteiger partial charge is 0.330 e. The minimum atomic E-state index is -0.690. The fourth-order valence-electron chi connectivity index (χ4n) is 5.27. The molecule has 3 aromatic rings. The zero-order chi connectivity index (χ0) is 28.1. The second-order valence-corrected chi connectivity index (χ2v) is 11.2. The number of halogens is 2. The van der Waals surface area contributed by atoms with Crippen molar-refractivity contribution >= 4 is 29.2 Å². The van der Waals surface area contributed by atoms with Crippen molar-refractivity contribution in [2.45, 2.75) is 51.7 Å². The van der Waals surface area contributed by atoms with Gasteiger partial charge in [0.1, 0.15) is 12.4 Å². The van der Waals surface area contributed by atoms with Gasteiger partial charge in [-0.15, -0.1) is 0 Å². The molecular weight excluding hydrogens is 541 g/mol. The lowest BCUT2D eigenvalue weighted by atomic mass is 9.81. The number of carboxylic acids is 1. The first-order chi connectivity index (χ1) is 18.6. The van der Waals surface area contributed by atoms with Crippen LogP contribution in [-0.2, 0) is 24.9 Å². The summed E-state index contributed by atoms with van der Waals surface area (Å²) in [6.07, 6.45) is 4.59. The van der Waals surface area contributed by atoms with E-state index in [9.17, 15) is 19.8 Å². The maximum absolute atomic E-state index is 12.1. The average Bonchev–Trinajstić information content (AvgIpc) is 3.15. The third-order valence-corrected chi connectivity index (χ3v) is 8.21. The Balaban J connectivity index is 1.44. The highest BCUT2D eigenvalue weighted by molar-refractivity contribution is 6.32. The number of aromatic nitrogens is 2. The monoisotopic (exact) mass is 575 g/mol. The lowest BCUT2D eigenvalue weighted by molar-refractivity contribution is -0.143. The summed E-state index contributed by atoms with van der Waals surface area (Å²) >= 11 is 12.7. The van der Waals surface area contributed by atoms with Crippen LogP contribution in [0.1, 0.15) is 49.8 Å². The van der Waals surface area contributed by atoms with E-state index in [1.807, 2.05) is 42.5 Å². The number of rotatable bonds is 11. The van der Waals surface area contributed by atoms with Gasteiger partial charge in [-0.3, -0.25) is 18.8 Å². The molecule has 4 rings (SSSR count). The van der Waals surface area contributed by atoms with Crippen molar-refractivity contribution in [2.24, 2.45) is 18.9 Å². The van der Waals surface area contributed by atoms with Crippen molar-refractivity contribution in [2.75, 3.05) is 13.2 Å². The van der Waals surface area contributed by atoms with Crippen LogP contribution >= 0.6 is 23.2 Å². The largest absolute Gasteiger partial charge is 0.493 e. The zero-order valence-corrected chi connectivity index (χ0v) is 23.7. The van der Waals surface area contributed by atoms with Crippen LogP contribution in [-0.4, -0.2) is 43.4 Å². The van der Waals surface area contributed by atoms with Crippen LogP contribution in [0.5, 0.6) is 11.6 Å². The maximum atomic E-state index is 12.1. The van der Waals surface area contributed by atoms with Gasteiger partial charge >= 0.3 is 11.7 Å². The number of aryl methyl sites for hydroxylation is 1. The molecule has 0 aliphatic heterocycles. The molecule has 1 atom stereocenters. The number of aliphatic carboxylic acids is 1. The molecule has 1 aliphatic rings. The van der Waals surface area contributed by atoms with Crippen molar-refractivity contribution in [1.82, 2.24) is 14.0 Å². The van der Waals surface area contributed by atoms with Crippen molar-refractivity contribution < 1.29 is 19.7 Å². The van der Waals surface area contributed by atoms with Crippen LogP contribution in [0.25, 0.3) is 0 Å². The fraction of sp³-hybridized carbons (Fsp3) is 0.448. The third-order valence-electron chi connectivity index (χ3n) is 7.66. The molecule has 10 heteroatoms. The van der Waals surface area contributed by atoms with Crippen LogP contribution in [0.4, 0.5) is 0 Å². The fourth-order valence-corrected chi connectivity index (χ4v) is 5.66. The summed E-state index contributed by atoms with van der Waals surface area (Å²) in [6.45, 7) is 4.05. The Morgan fingerprint density at radius 2 is 1.82 bits per heavy atom. The number of benzene rings is 2. The van der Waals surface area contributed by atoms with Gasteiger partial charge in [0.2, 0.25) is 5.88 Å². The van der Waals surface area contributed by atoms with Crippen LogP contribution in [0.3, 0.4) is 0 Å². The van der Waals surface area contributed by atoms with Gasteiger partial charge in [0.05, 0.1) is 23.7 Å². The first-order valence-electron chi connectivity index (χ1n) is 13.2. The van der Waals surface area contributed by atoms with E-state index in [2.05, 4.69) is 11.8 Å². The summed E-state index contributed by atoms with van der Waals surface area (Å²) in [5.74, 6) is -0.109. The highest BCUT2D eigenvalue weighted by Gasteiger charge is 2.28. The van der Waals surface area contributed by atoms with Crippen molar-refractivity contribution in [3.05, 3.63) is 80.3 Å². The number of nitrogens with zero attached hydrogens (tertiary/aromatic N) is 3. The first-order valence-corrected chi connectivity index (χ1v) is 14.0. The van der Waals surface area contributed by atoms with E-state index in [-0.39, 0.29) is 36.7 Å². The molecule has 0 unspecified atom stereocenters. The van der Waals surface area contributed by atoms with Crippen molar-refractivity contribution in [3.63, 3.8) is 0 Å². The number of aromatic hydroxyl groups is 1. The quantitative estimate of drug-likeness (QED) is 0.303. The number of carboxylic acid groups (broad SMARTS) is 1. The Hall–Kier alpha value is -2.94. The minimum Gasteiger partial charge on any atom is -0.493 e. The molecule has 0 amide bonds. The number of carbonyl (C=O) groups is 1. The lowest BCUT2D eigenvalue weighted by Gasteiger charge is -2.35.